The fraction of sp³-hybridized carbons (Fsp3) is 0.520. The van der Waals surface area contributed by atoms with Crippen molar-refractivity contribution in [2.24, 2.45) is 0 Å². The van der Waals surface area contributed by atoms with Crippen molar-refractivity contribution in [1.29, 1.82) is 0 Å². The van der Waals surface area contributed by atoms with Crippen molar-refractivity contribution in [3.05, 3.63) is 65.5 Å². The maximum Gasteiger partial charge on any atom is 0.247 e. The Kier molecular flexibility index (Phi) is 11.7. The van der Waals surface area contributed by atoms with Crippen LogP contribution in [0.1, 0.15) is 36.1 Å². The van der Waals surface area contributed by atoms with Crippen LogP contribution in [0.2, 0.25) is 0 Å². The number of benzene rings is 1. The van der Waals surface area contributed by atoms with E-state index >= 15 is 0 Å². The molecule has 0 radical (unpaired) electrons. The van der Waals surface area contributed by atoms with Crippen molar-refractivity contribution < 1.29 is 4.79 Å². The van der Waals surface area contributed by atoms with E-state index in [2.05, 4.69) is 55.8 Å². The van der Waals surface area contributed by atoms with E-state index < -0.39 is 0 Å². The number of nitrogens with zero attached hydrogens (tertiary/aromatic N) is 1. The zero-order chi connectivity index (χ0) is 23.1. The first-order valence-corrected chi connectivity index (χ1v) is 13.2. The summed E-state index contributed by atoms with van der Waals surface area (Å²) in [5.41, 5.74) is 3.28. The molecule has 0 unspecified atom stereocenters. The van der Waals surface area contributed by atoms with E-state index in [1.54, 1.807) is 6.20 Å². The predicted molar refractivity (Wildman–Crippen MR) is 137 cm³/mol. The van der Waals surface area contributed by atoms with Gasteiger partial charge in [-0.25, -0.2) is 0 Å². The molecule has 1 aromatic heterocycles. The van der Waals surface area contributed by atoms with Crippen LogP contribution in [0, 0.1) is 0 Å². The number of amides is 1. The van der Waals surface area contributed by atoms with Crippen molar-refractivity contribution in [2.75, 3.05) is 32.4 Å². The Labute approximate surface area is 202 Å². The maximum absolute atomic E-state index is 12.5. The van der Waals surface area contributed by atoms with Gasteiger partial charge in [0, 0.05) is 31.9 Å². The van der Waals surface area contributed by atoms with E-state index in [0.29, 0.717) is 19.1 Å². The topological polar surface area (TPSA) is 90.1 Å². The van der Waals surface area contributed by atoms with Gasteiger partial charge in [0.15, 0.2) is 0 Å². The maximum atomic E-state index is 12.5. The van der Waals surface area contributed by atoms with Crippen LogP contribution in [0.15, 0.2) is 48.7 Å². The van der Waals surface area contributed by atoms with E-state index in [0.717, 1.165) is 50.4 Å². The van der Waals surface area contributed by atoms with Crippen LogP contribution in [0.5, 0.6) is 0 Å². The lowest BCUT2D eigenvalue weighted by atomic mass is 10.1. The second-order valence-electron chi connectivity index (χ2n) is 8.36. The third-order valence-electron chi connectivity index (χ3n) is 5.79. The number of carbonyl (C=O) groups is 1. The van der Waals surface area contributed by atoms with E-state index in [-0.39, 0.29) is 11.3 Å². The molecule has 5 N–H and O–H groups in total. The molecule has 1 aromatic carbocycles. The Balaban J connectivity index is 1.28. The van der Waals surface area contributed by atoms with Gasteiger partial charge in [-0.15, -0.1) is 11.8 Å². The van der Waals surface area contributed by atoms with E-state index in [9.17, 15) is 4.79 Å². The number of aromatic nitrogens is 1. The summed E-state index contributed by atoms with van der Waals surface area (Å²) in [4.78, 5) is 16.8. The number of hydrogen-bond acceptors (Lipinski definition) is 7. The standard InChI is InChI=1S/C25H38N6OS/c1-33-25(31-19-23-5-2-3-13-29-23)24(32)30-18-21-8-6-20(7-9-21)17-27-12-4-14-28-22-10-15-26-16-11-22/h2-3,5-9,13,22,25-28,31H,4,10-12,14-19H2,1H3,(H,30,32)/t25-/m0/s1. The summed E-state index contributed by atoms with van der Waals surface area (Å²) < 4.78 is 0. The van der Waals surface area contributed by atoms with Crippen LogP contribution in [-0.4, -0.2) is 54.7 Å². The SMILES string of the molecule is CS[C@H](NCc1ccccn1)C(=O)NCc1ccc(CNCCCNC2CCNCC2)cc1. The number of piperidine rings is 1. The van der Waals surface area contributed by atoms with Gasteiger partial charge in [-0.2, -0.15) is 0 Å². The molecule has 0 aliphatic carbocycles. The molecular weight excluding hydrogens is 432 g/mol. The zero-order valence-electron chi connectivity index (χ0n) is 19.6. The number of thioether (sulfide) groups is 1. The van der Waals surface area contributed by atoms with Gasteiger partial charge in [0.1, 0.15) is 5.37 Å². The molecule has 3 rings (SSSR count). The third kappa shape index (κ3) is 9.81. The minimum absolute atomic E-state index is 0.0118. The van der Waals surface area contributed by atoms with Gasteiger partial charge in [-0.3, -0.25) is 15.1 Å². The van der Waals surface area contributed by atoms with Gasteiger partial charge in [-0.1, -0.05) is 30.3 Å². The summed E-state index contributed by atoms with van der Waals surface area (Å²) >= 11 is 1.49. The predicted octanol–water partition coefficient (Wildman–Crippen LogP) is 2.00. The fourth-order valence-corrected chi connectivity index (χ4v) is 4.37. The molecular formula is C25H38N6OS. The Morgan fingerprint density at radius 1 is 1.06 bits per heavy atom. The number of nitrogens with one attached hydrogen (secondary N) is 5. The van der Waals surface area contributed by atoms with E-state index in [4.69, 9.17) is 0 Å². The molecule has 1 amide bonds. The van der Waals surface area contributed by atoms with Crippen molar-refractivity contribution >= 4 is 17.7 Å². The lowest BCUT2D eigenvalue weighted by Gasteiger charge is -2.23. The minimum Gasteiger partial charge on any atom is -0.350 e. The van der Waals surface area contributed by atoms with Gasteiger partial charge in [0.2, 0.25) is 5.91 Å². The first kappa shape index (κ1) is 25.6. The Hall–Kier alpha value is -1.97. The number of hydrogen-bond donors (Lipinski definition) is 5. The van der Waals surface area contributed by atoms with Gasteiger partial charge in [0.05, 0.1) is 5.69 Å². The van der Waals surface area contributed by atoms with Gasteiger partial charge < -0.3 is 21.3 Å². The summed E-state index contributed by atoms with van der Waals surface area (Å²) in [6.45, 7) is 6.31. The highest BCUT2D eigenvalue weighted by Crippen LogP contribution is 2.08. The largest absolute Gasteiger partial charge is 0.350 e. The minimum atomic E-state index is -0.306. The molecule has 1 saturated heterocycles. The zero-order valence-corrected chi connectivity index (χ0v) is 20.4. The fourth-order valence-electron chi connectivity index (χ4n) is 3.82. The molecule has 1 fully saturated rings. The van der Waals surface area contributed by atoms with Gasteiger partial charge >= 0.3 is 0 Å². The van der Waals surface area contributed by atoms with Crippen LogP contribution >= 0.6 is 11.8 Å². The summed E-state index contributed by atoms with van der Waals surface area (Å²) in [5.74, 6) is -0.0118. The summed E-state index contributed by atoms with van der Waals surface area (Å²) in [5, 5.41) is 16.6. The second kappa shape index (κ2) is 15.0. The molecule has 33 heavy (non-hydrogen) atoms. The van der Waals surface area contributed by atoms with Crippen LogP contribution < -0.4 is 26.6 Å². The third-order valence-corrected chi connectivity index (χ3v) is 6.64. The second-order valence-corrected chi connectivity index (χ2v) is 9.30. The normalized spacial score (nSPS) is 15.3. The first-order valence-electron chi connectivity index (χ1n) is 11.9. The summed E-state index contributed by atoms with van der Waals surface area (Å²) in [7, 11) is 0. The highest BCUT2D eigenvalue weighted by molar-refractivity contribution is 7.99. The monoisotopic (exact) mass is 470 g/mol. The molecule has 180 valence electrons. The molecule has 1 atom stereocenters. The molecule has 2 heterocycles. The van der Waals surface area contributed by atoms with E-state index in [1.165, 1.54) is 30.2 Å². The Morgan fingerprint density at radius 3 is 2.52 bits per heavy atom. The number of carbonyl (C=O) groups excluding carboxylic acids is 1. The highest BCUT2D eigenvalue weighted by atomic mass is 32.2. The van der Waals surface area contributed by atoms with Crippen LogP contribution in [0.25, 0.3) is 0 Å². The average molecular weight is 471 g/mol. The van der Waals surface area contributed by atoms with Crippen LogP contribution in [-0.2, 0) is 24.4 Å². The number of pyridine rings is 1. The Bertz CT molecular complexity index is 798. The highest BCUT2D eigenvalue weighted by Gasteiger charge is 2.16. The van der Waals surface area contributed by atoms with Crippen molar-refractivity contribution in [3.8, 4) is 0 Å². The van der Waals surface area contributed by atoms with Crippen molar-refractivity contribution in [1.82, 2.24) is 31.6 Å². The molecule has 7 nitrogen and oxygen atoms in total. The van der Waals surface area contributed by atoms with Gasteiger partial charge in [0.25, 0.3) is 0 Å². The smallest absolute Gasteiger partial charge is 0.247 e. The molecule has 1 aliphatic rings. The van der Waals surface area contributed by atoms with Crippen molar-refractivity contribution in [3.63, 3.8) is 0 Å². The number of rotatable bonds is 14. The lowest BCUT2D eigenvalue weighted by molar-refractivity contribution is -0.121. The summed E-state index contributed by atoms with van der Waals surface area (Å²) in [6, 6.07) is 14.9. The van der Waals surface area contributed by atoms with Crippen LogP contribution in [0.4, 0.5) is 0 Å². The van der Waals surface area contributed by atoms with Gasteiger partial charge in [-0.05, 0) is 75.0 Å². The quantitative estimate of drug-likeness (QED) is 0.213. The molecule has 0 bridgehead atoms. The molecule has 2 aromatic rings. The first-order chi connectivity index (χ1) is 16.2. The molecule has 8 heteroatoms. The Morgan fingerprint density at radius 2 is 1.82 bits per heavy atom. The van der Waals surface area contributed by atoms with Crippen LogP contribution in [0.3, 0.4) is 0 Å². The van der Waals surface area contributed by atoms with Crippen molar-refractivity contribution in [2.45, 2.75) is 50.3 Å². The van der Waals surface area contributed by atoms with E-state index in [1.807, 2.05) is 24.5 Å². The average Bonchev–Trinajstić information content (AvgIpc) is 2.87. The summed E-state index contributed by atoms with van der Waals surface area (Å²) in [6.07, 6.45) is 7.30. The lowest BCUT2D eigenvalue weighted by Crippen LogP contribution is -2.41. The molecule has 1 aliphatic heterocycles. The molecule has 0 saturated carbocycles. The molecule has 0 spiro atoms.